The Morgan fingerprint density at radius 3 is 1.31 bits per heavy atom. The molecule has 0 N–H and O–H groups in total. The number of esters is 2. The van der Waals surface area contributed by atoms with Gasteiger partial charge >= 0.3 is 11.9 Å². The van der Waals surface area contributed by atoms with E-state index in [0.29, 0.717) is 40.2 Å². The van der Waals surface area contributed by atoms with Crippen LogP contribution in [0.5, 0.6) is 11.5 Å². The highest BCUT2D eigenvalue weighted by Gasteiger charge is 2.14. The van der Waals surface area contributed by atoms with Gasteiger partial charge in [-0.2, -0.15) is 0 Å². The van der Waals surface area contributed by atoms with Crippen LogP contribution in [0.4, 0.5) is 11.4 Å². The minimum absolute atomic E-state index is 0.407. The molecule has 0 spiro atoms. The fourth-order valence-corrected chi connectivity index (χ4v) is 5.20. The standard InChI is InChI=1S/C43H34N2O4/c1-30-13-9-11-19-38(30)44-28-36-26-32(21-23-40(36)48-42(46)34-15-5-3-6-16-34)25-33-22-24-41(49-43(47)35-17-7-4-8-18-35)37(27-33)29-45-39-20-12-10-14-31(39)2/h3-24,26-29H,25H2,1-2H3. The molecule has 0 bridgehead atoms. The van der Waals surface area contributed by atoms with Crippen LogP contribution in [0, 0.1) is 13.8 Å². The first-order valence-corrected chi connectivity index (χ1v) is 15.9. The molecule has 6 heteroatoms. The van der Waals surface area contributed by atoms with Crippen LogP contribution < -0.4 is 9.47 Å². The van der Waals surface area contributed by atoms with Crippen LogP contribution in [0.1, 0.15) is 54.1 Å². The number of aryl methyl sites for hydroxylation is 2. The van der Waals surface area contributed by atoms with Gasteiger partial charge in [0.1, 0.15) is 11.5 Å². The van der Waals surface area contributed by atoms with Crippen LogP contribution >= 0.6 is 0 Å². The van der Waals surface area contributed by atoms with E-state index in [1.807, 2.05) is 98.8 Å². The molecule has 0 unspecified atom stereocenters. The van der Waals surface area contributed by atoms with Crippen molar-refractivity contribution < 1.29 is 19.1 Å². The Morgan fingerprint density at radius 2 is 0.898 bits per heavy atom. The first-order chi connectivity index (χ1) is 23.9. The highest BCUT2D eigenvalue weighted by Crippen LogP contribution is 2.27. The van der Waals surface area contributed by atoms with Gasteiger partial charge in [-0.1, -0.05) is 84.9 Å². The van der Waals surface area contributed by atoms with E-state index < -0.39 is 11.9 Å². The lowest BCUT2D eigenvalue weighted by Gasteiger charge is -2.12. The van der Waals surface area contributed by atoms with Gasteiger partial charge in [-0.05, 0) is 103 Å². The average molecular weight is 643 g/mol. The Morgan fingerprint density at radius 1 is 0.510 bits per heavy atom. The Labute approximate surface area is 286 Å². The third-order valence-electron chi connectivity index (χ3n) is 7.90. The van der Waals surface area contributed by atoms with E-state index in [0.717, 1.165) is 33.6 Å². The fraction of sp³-hybridized carbons (Fsp3) is 0.0698. The number of hydrogen-bond donors (Lipinski definition) is 0. The molecule has 0 heterocycles. The zero-order valence-corrected chi connectivity index (χ0v) is 27.2. The third-order valence-corrected chi connectivity index (χ3v) is 7.90. The second-order valence-corrected chi connectivity index (χ2v) is 11.5. The smallest absolute Gasteiger partial charge is 0.343 e. The van der Waals surface area contributed by atoms with Gasteiger partial charge in [0.2, 0.25) is 0 Å². The van der Waals surface area contributed by atoms with Crippen LogP contribution in [0.2, 0.25) is 0 Å². The summed E-state index contributed by atoms with van der Waals surface area (Å²) in [4.78, 5) is 35.4. The van der Waals surface area contributed by atoms with Crippen LogP contribution in [0.25, 0.3) is 0 Å². The van der Waals surface area contributed by atoms with Gasteiger partial charge in [-0.15, -0.1) is 0 Å². The molecule has 0 atom stereocenters. The Hall–Kier alpha value is -6.40. The number of para-hydroxylation sites is 2. The zero-order chi connectivity index (χ0) is 34.0. The van der Waals surface area contributed by atoms with Crippen molar-refractivity contribution in [3.05, 3.63) is 190 Å². The lowest BCUT2D eigenvalue weighted by Crippen LogP contribution is -2.10. The van der Waals surface area contributed by atoms with Gasteiger partial charge in [0, 0.05) is 23.6 Å². The number of carbonyl (C=O) groups excluding carboxylic acids is 2. The quantitative estimate of drug-likeness (QED) is 0.0847. The molecule has 6 nitrogen and oxygen atoms in total. The first kappa shape index (κ1) is 32.5. The summed E-state index contributed by atoms with van der Waals surface area (Å²) in [7, 11) is 0. The SMILES string of the molecule is Cc1ccccc1N=Cc1cc(Cc2ccc(OC(=O)c3ccccc3)c(C=Nc3ccccc3C)c2)ccc1OC(=O)c1ccccc1. The number of aliphatic imine (C=N–C) groups is 2. The monoisotopic (exact) mass is 642 g/mol. The van der Waals surface area contributed by atoms with E-state index in [-0.39, 0.29) is 0 Å². The third kappa shape index (κ3) is 8.50. The van der Waals surface area contributed by atoms with Crippen molar-refractivity contribution in [2.75, 3.05) is 0 Å². The number of rotatable bonds is 10. The lowest BCUT2D eigenvalue weighted by atomic mass is 10.0. The second-order valence-electron chi connectivity index (χ2n) is 11.5. The predicted octanol–water partition coefficient (Wildman–Crippen LogP) is 9.83. The summed E-state index contributed by atoms with van der Waals surface area (Å²) in [5.41, 5.74) is 7.92. The lowest BCUT2D eigenvalue weighted by molar-refractivity contribution is 0.0725. The van der Waals surface area contributed by atoms with Crippen LogP contribution in [-0.4, -0.2) is 24.4 Å². The molecule has 0 amide bonds. The van der Waals surface area contributed by atoms with E-state index in [9.17, 15) is 9.59 Å². The molecular weight excluding hydrogens is 608 g/mol. The first-order valence-electron chi connectivity index (χ1n) is 15.9. The van der Waals surface area contributed by atoms with Crippen LogP contribution in [0.15, 0.2) is 156 Å². The Bertz CT molecular complexity index is 2000. The van der Waals surface area contributed by atoms with Crippen LogP contribution in [-0.2, 0) is 6.42 Å². The summed E-state index contributed by atoms with van der Waals surface area (Å²) in [6.07, 6.45) is 4.01. The van der Waals surface area contributed by atoms with Crippen molar-refractivity contribution in [1.82, 2.24) is 0 Å². The summed E-state index contributed by atoms with van der Waals surface area (Å²) >= 11 is 0. The minimum atomic E-state index is -0.447. The van der Waals surface area contributed by atoms with Gasteiger partial charge in [0.25, 0.3) is 0 Å². The minimum Gasteiger partial charge on any atom is -0.422 e. The normalized spacial score (nSPS) is 11.1. The van der Waals surface area contributed by atoms with E-state index >= 15 is 0 Å². The van der Waals surface area contributed by atoms with Gasteiger partial charge < -0.3 is 9.47 Å². The predicted molar refractivity (Wildman–Crippen MR) is 195 cm³/mol. The zero-order valence-electron chi connectivity index (χ0n) is 27.2. The van der Waals surface area contributed by atoms with E-state index in [1.54, 1.807) is 73.1 Å². The number of benzene rings is 6. The van der Waals surface area contributed by atoms with E-state index in [2.05, 4.69) is 0 Å². The summed E-state index contributed by atoms with van der Waals surface area (Å²) in [5.74, 6) is -0.0810. The summed E-state index contributed by atoms with van der Waals surface area (Å²) in [5, 5.41) is 0. The summed E-state index contributed by atoms with van der Waals surface area (Å²) in [6, 6.07) is 44.9. The molecule has 0 aliphatic rings. The highest BCUT2D eigenvalue weighted by atomic mass is 16.5. The average Bonchev–Trinajstić information content (AvgIpc) is 3.13. The molecule has 0 aliphatic carbocycles. The van der Waals surface area contributed by atoms with Crippen molar-refractivity contribution in [3.8, 4) is 11.5 Å². The highest BCUT2D eigenvalue weighted by molar-refractivity contribution is 5.94. The topological polar surface area (TPSA) is 77.3 Å². The molecule has 240 valence electrons. The fourth-order valence-electron chi connectivity index (χ4n) is 5.20. The number of nitrogens with zero attached hydrogens (tertiary/aromatic N) is 2. The Balaban J connectivity index is 1.32. The van der Waals surface area contributed by atoms with Gasteiger partial charge in [0.05, 0.1) is 22.5 Å². The van der Waals surface area contributed by atoms with Crippen molar-refractivity contribution in [2.24, 2.45) is 9.98 Å². The number of carbonyl (C=O) groups is 2. The molecule has 6 rings (SSSR count). The largest absolute Gasteiger partial charge is 0.422 e. The van der Waals surface area contributed by atoms with E-state index in [4.69, 9.17) is 19.5 Å². The molecule has 0 saturated heterocycles. The van der Waals surface area contributed by atoms with Gasteiger partial charge in [-0.25, -0.2) is 9.59 Å². The van der Waals surface area contributed by atoms with Crippen molar-refractivity contribution in [2.45, 2.75) is 20.3 Å². The second kappa shape index (κ2) is 15.5. The molecule has 49 heavy (non-hydrogen) atoms. The molecule has 6 aromatic rings. The summed E-state index contributed by atoms with van der Waals surface area (Å²) in [6.45, 7) is 4.00. The number of ether oxygens (including phenoxy) is 2. The molecule has 0 radical (unpaired) electrons. The van der Waals surface area contributed by atoms with Gasteiger partial charge in [-0.3, -0.25) is 9.98 Å². The summed E-state index contributed by atoms with van der Waals surface area (Å²) < 4.78 is 11.7. The molecular formula is C43H34N2O4. The maximum absolute atomic E-state index is 13.0. The Kier molecular flexibility index (Phi) is 10.3. The van der Waals surface area contributed by atoms with Crippen molar-refractivity contribution in [3.63, 3.8) is 0 Å². The molecule has 0 saturated carbocycles. The van der Waals surface area contributed by atoms with Crippen LogP contribution in [0.3, 0.4) is 0 Å². The van der Waals surface area contributed by atoms with Crippen molar-refractivity contribution >= 4 is 35.7 Å². The van der Waals surface area contributed by atoms with Gasteiger partial charge in [0.15, 0.2) is 0 Å². The molecule has 6 aromatic carbocycles. The maximum atomic E-state index is 13.0. The van der Waals surface area contributed by atoms with Crippen molar-refractivity contribution in [1.29, 1.82) is 0 Å². The molecule has 0 fully saturated rings. The maximum Gasteiger partial charge on any atom is 0.343 e. The number of hydrogen-bond acceptors (Lipinski definition) is 6. The van der Waals surface area contributed by atoms with E-state index in [1.165, 1.54) is 0 Å². The molecule has 0 aliphatic heterocycles. The molecule has 0 aromatic heterocycles.